The molecule has 1 aromatic carbocycles. The van der Waals surface area contributed by atoms with Gasteiger partial charge in [-0.1, -0.05) is 30.3 Å². The summed E-state index contributed by atoms with van der Waals surface area (Å²) < 4.78 is 2.63. The molecule has 3 nitrogen and oxygen atoms in total. The summed E-state index contributed by atoms with van der Waals surface area (Å²) in [5.74, 6) is 0. The Kier molecular flexibility index (Phi) is 3.12. The molecular formula is C12H13BrN2O. The minimum atomic E-state index is -0.910. The molecule has 0 aliphatic carbocycles. The molecule has 4 heteroatoms. The van der Waals surface area contributed by atoms with E-state index in [9.17, 15) is 5.11 Å². The highest BCUT2D eigenvalue weighted by Crippen LogP contribution is 2.22. The molecule has 1 heterocycles. The minimum Gasteiger partial charge on any atom is -0.384 e. The second kappa shape index (κ2) is 4.39. The van der Waals surface area contributed by atoms with Crippen LogP contribution in [0, 0.1) is 0 Å². The van der Waals surface area contributed by atoms with Crippen LogP contribution in [0.1, 0.15) is 12.5 Å². The van der Waals surface area contributed by atoms with Crippen molar-refractivity contribution in [2.45, 2.75) is 19.1 Å². The maximum Gasteiger partial charge on any atom is 0.106 e. The van der Waals surface area contributed by atoms with E-state index in [4.69, 9.17) is 0 Å². The fraction of sp³-hybridized carbons (Fsp3) is 0.250. The Balaban J connectivity index is 2.20. The molecule has 0 saturated heterocycles. The first-order valence-electron chi connectivity index (χ1n) is 5.04. The molecule has 1 N–H and O–H groups in total. The maximum absolute atomic E-state index is 10.4. The smallest absolute Gasteiger partial charge is 0.106 e. The lowest BCUT2D eigenvalue weighted by Crippen LogP contribution is -2.27. The lowest BCUT2D eigenvalue weighted by molar-refractivity contribution is 0.0346. The summed E-state index contributed by atoms with van der Waals surface area (Å²) in [6, 6.07) is 9.60. The molecule has 1 atom stereocenters. The van der Waals surface area contributed by atoms with Crippen LogP contribution < -0.4 is 0 Å². The summed E-state index contributed by atoms with van der Waals surface area (Å²) in [7, 11) is 0. The van der Waals surface area contributed by atoms with Crippen LogP contribution in [0.4, 0.5) is 0 Å². The number of rotatable bonds is 3. The van der Waals surface area contributed by atoms with Gasteiger partial charge in [-0.05, 0) is 28.4 Å². The second-order valence-corrected chi connectivity index (χ2v) is 4.91. The summed E-state index contributed by atoms with van der Waals surface area (Å²) in [6.07, 6.45) is 3.55. The second-order valence-electron chi connectivity index (χ2n) is 4.00. The van der Waals surface area contributed by atoms with Crippen LogP contribution in [0.15, 0.2) is 47.2 Å². The molecule has 16 heavy (non-hydrogen) atoms. The molecule has 1 aromatic heterocycles. The fourth-order valence-electron chi connectivity index (χ4n) is 1.63. The van der Waals surface area contributed by atoms with Gasteiger partial charge in [0.2, 0.25) is 0 Å². The Hall–Kier alpha value is -1.13. The minimum absolute atomic E-state index is 0.433. The molecule has 0 radical (unpaired) electrons. The van der Waals surface area contributed by atoms with E-state index in [1.54, 1.807) is 17.8 Å². The van der Waals surface area contributed by atoms with E-state index in [0.717, 1.165) is 10.0 Å². The van der Waals surface area contributed by atoms with Crippen molar-refractivity contribution >= 4 is 15.9 Å². The van der Waals surface area contributed by atoms with Crippen molar-refractivity contribution in [1.82, 2.24) is 9.78 Å². The highest BCUT2D eigenvalue weighted by Gasteiger charge is 2.23. The van der Waals surface area contributed by atoms with Gasteiger partial charge in [0.1, 0.15) is 5.60 Å². The fourth-order valence-corrected chi connectivity index (χ4v) is 1.96. The molecule has 84 valence electrons. The highest BCUT2D eigenvalue weighted by atomic mass is 79.9. The lowest BCUT2D eigenvalue weighted by Gasteiger charge is -2.23. The van der Waals surface area contributed by atoms with Crippen molar-refractivity contribution in [3.05, 3.63) is 52.8 Å². The number of halogens is 1. The van der Waals surface area contributed by atoms with Crippen molar-refractivity contribution in [2.75, 3.05) is 0 Å². The average Bonchev–Trinajstić information content (AvgIpc) is 2.64. The van der Waals surface area contributed by atoms with E-state index in [0.29, 0.717) is 6.54 Å². The van der Waals surface area contributed by atoms with Gasteiger partial charge in [0.05, 0.1) is 17.2 Å². The number of aliphatic hydroxyl groups is 1. The van der Waals surface area contributed by atoms with Crippen molar-refractivity contribution in [3.63, 3.8) is 0 Å². The third-order valence-corrected chi connectivity index (χ3v) is 2.88. The van der Waals surface area contributed by atoms with Gasteiger partial charge in [-0.25, -0.2) is 0 Å². The average molecular weight is 281 g/mol. The van der Waals surface area contributed by atoms with Crippen LogP contribution in [-0.2, 0) is 12.1 Å². The molecule has 0 spiro atoms. The number of benzene rings is 1. The topological polar surface area (TPSA) is 38.0 Å². The quantitative estimate of drug-likeness (QED) is 0.939. The summed E-state index contributed by atoms with van der Waals surface area (Å²) >= 11 is 3.33. The zero-order valence-corrected chi connectivity index (χ0v) is 10.6. The van der Waals surface area contributed by atoms with Gasteiger partial charge < -0.3 is 5.11 Å². The summed E-state index contributed by atoms with van der Waals surface area (Å²) in [4.78, 5) is 0. The third-order valence-electron chi connectivity index (χ3n) is 2.47. The third kappa shape index (κ3) is 2.51. The van der Waals surface area contributed by atoms with Gasteiger partial charge in [-0.3, -0.25) is 4.68 Å². The van der Waals surface area contributed by atoms with Gasteiger partial charge in [-0.2, -0.15) is 5.10 Å². The summed E-state index contributed by atoms with van der Waals surface area (Å²) in [6.45, 7) is 2.22. The molecule has 1 unspecified atom stereocenters. The number of nitrogens with zero attached hydrogens (tertiary/aromatic N) is 2. The van der Waals surface area contributed by atoms with E-state index in [-0.39, 0.29) is 0 Å². The Morgan fingerprint density at radius 3 is 2.62 bits per heavy atom. The molecule has 0 aliphatic heterocycles. The van der Waals surface area contributed by atoms with Crippen LogP contribution in [0.2, 0.25) is 0 Å². The zero-order valence-electron chi connectivity index (χ0n) is 8.97. The number of hydrogen-bond donors (Lipinski definition) is 1. The Morgan fingerprint density at radius 1 is 1.38 bits per heavy atom. The highest BCUT2D eigenvalue weighted by molar-refractivity contribution is 9.10. The van der Waals surface area contributed by atoms with Gasteiger partial charge >= 0.3 is 0 Å². The lowest BCUT2D eigenvalue weighted by atomic mass is 9.96. The predicted octanol–water partition coefficient (Wildman–Crippen LogP) is 2.55. The first-order valence-corrected chi connectivity index (χ1v) is 5.83. The van der Waals surface area contributed by atoms with Crippen molar-refractivity contribution in [2.24, 2.45) is 0 Å². The first-order chi connectivity index (χ1) is 7.58. The molecule has 2 aromatic rings. The van der Waals surface area contributed by atoms with Gasteiger partial charge in [0, 0.05) is 6.20 Å². The monoisotopic (exact) mass is 280 g/mol. The van der Waals surface area contributed by atoms with Gasteiger partial charge in [0.15, 0.2) is 0 Å². The predicted molar refractivity (Wildman–Crippen MR) is 65.9 cm³/mol. The summed E-state index contributed by atoms with van der Waals surface area (Å²) in [5.41, 5.74) is -0.0196. The Labute approximate surface area is 103 Å². The molecular weight excluding hydrogens is 268 g/mol. The molecule has 2 rings (SSSR count). The largest absolute Gasteiger partial charge is 0.384 e. The Morgan fingerprint density at radius 2 is 2.06 bits per heavy atom. The zero-order chi connectivity index (χ0) is 11.6. The molecule has 0 bridgehead atoms. The van der Waals surface area contributed by atoms with E-state index >= 15 is 0 Å². The SMILES string of the molecule is CC(O)(Cn1cc(Br)cn1)c1ccccc1. The van der Waals surface area contributed by atoms with Crippen LogP contribution >= 0.6 is 15.9 Å². The standard InChI is InChI=1S/C12H13BrN2O/c1-12(16,10-5-3-2-4-6-10)9-15-8-11(13)7-14-15/h2-8,16H,9H2,1H3. The van der Waals surface area contributed by atoms with E-state index < -0.39 is 5.60 Å². The normalized spacial score (nSPS) is 14.7. The molecule has 0 saturated carbocycles. The van der Waals surface area contributed by atoms with Crippen molar-refractivity contribution in [1.29, 1.82) is 0 Å². The van der Waals surface area contributed by atoms with E-state index in [1.165, 1.54) is 0 Å². The van der Waals surface area contributed by atoms with Crippen LogP contribution in [-0.4, -0.2) is 14.9 Å². The first kappa shape index (κ1) is 11.4. The van der Waals surface area contributed by atoms with Crippen LogP contribution in [0.3, 0.4) is 0 Å². The van der Waals surface area contributed by atoms with E-state index in [1.807, 2.05) is 36.5 Å². The number of aromatic nitrogens is 2. The van der Waals surface area contributed by atoms with Gasteiger partial charge in [-0.15, -0.1) is 0 Å². The van der Waals surface area contributed by atoms with Crippen LogP contribution in [0.25, 0.3) is 0 Å². The van der Waals surface area contributed by atoms with Crippen molar-refractivity contribution < 1.29 is 5.11 Å². The summed E-state index contributed by atoms with van der Waals surface area (Å²) in [5, 5.41) is 14.5. The maximum atomic E-state index is 10.4. The van der Waals surface area contributed by atoms with Gasteiger partial charge in [0.25, 0.3) is 0 Å². The number of hydrogen-bond acceptors (Lipinski definition) is 2. The molecule has 0 fully saturated rings. The van der Waals surface area contributed by atoms with Crippen molar-refractivity contribution in [3.8, 4) is 0 Å². The van der Waals surface area contributed by atoms with Crippen LogP contribution in [0.5, 0.6) is 0 Å². The molecule has 0 amide bonds. The Bertz CT molecular complexity index is 465. The van der Waals surface area contributed by atoms with E-state index in [2.05, 4.69) is 21.0 Å². The molecule has 0 aliphatic rings.